The van der Waals surface area contributed by atoms with E-state index >= 15 is 0 Å². The highest BCUT2D eigenvalue weighted by atomic mass is 16.6. The molecule has 3 rings (SSSR count). The number of nitrogens with zero attached hydrogens (tertiary/aromatic N) is 1. The summed E-state index contributed by atoms with van der Waals surface area (Å²) in [7, 11) is 6.17. The monoisotopic (exact) mass is 437 g/mol. The quantitative estimate of drug-likeness (QED) is 0.323. The number of nitro groups is 1. The van der Waals surface area contributed by atoms with Crippen LogP contribution in [0.3, 0.4) is 0 Å². The van der Waals surface area contributed by atoms with E-state index in [1.807, 2.05) is 18.2 Å². The van der Waals surface area contributed by atoms with Crippen LogP contribution in [-0.2, 0) is 0 Å². The van der Waals surface area contributed by atoms with Gasteiger partial charge < -0.3 is 23.7 Å². The van der Waals surface area contributed by atoms with Gasteiger partial charge >= 0.3 is 0 Å². The van der Waals surface area contributed by atoms with E-state index in [1.54, 1.807) is 33.5 Å². The number of hydrogen-bond donors (Lipinski definition) is 0. The van der Waals surface area contributed by atoms with Gasteiger partial charge in [0.2, 0.25) is 5.75 Å². The number of methoxy groups -OCH3 is 4. The topological polar surface area (TPSA) is 89.3 Å². The molecule has 0 unspecified atom stereocenters. The lowest BCUT2D eigenvalue weighted by molar-refractivity contribution is -0.384. The average Bonchev–Trinajstić information content (AvgIpc) is 2.82. The zero-order valence-corrected chi connectivity index (χ0v) is 18.2. The van der Waals surface area contributed by atoms with Crippen LogP contribution < -0.4 is 23.7 Å². The van der Waals surface area contributed by atoms with Crippen LogP contribution in [0.5, 0.6) is 34.5 Å². The molecule has 0 atom stereocenters. The fourth-order valence-electron chi connectivity index (χ4n) is 3.13. The van der Waals surface area contributed by atoms with E-state index in [4.69, 9.17) is 23.7 Å². The summed E-state index contributed by atoms with van der Waals surface area (Å²) in [6.45, 7) is 4.21. The minimum atomic E-state index is -0.466. The molecule has 0 N–H and O–H groups in total. The minimum absolute atomic E-state index is 0.0196. The first-order chi connectivity index (χ1) is 15.4. The van der Waals surface area contributed by atoms with Crippen molar-refractivity contribution in [1.29, 1.82) is 0 Å². The van der Waals surface area contributed by atoms with Crippen molar-refractivity contribution < 1.29 is 28.6 Å². The summed E-state index contributed by atoms with van der Waals surface area (Å²) >= 11 is 0. The molecule has 0 aromatic heterocycles. The van der Waals surface area contributed by atoms with Gasteiger partial charge in [0.05, 0.1) is 33.4 Å². The molecule has 0 heterocycles. The average molecular weight is 437 g/mol. The van der Waals surface area contributed by atoms with Crippen LogP contribution >= 0.6 is 0 Å². The maximum absolute atomic E-state index is 10.9. The van der Waals surface area contributed by atoms with Crippen molar-refractivity contribution in [3.05, 3.63) is 82.4 Å². The van der Waals surface area contributed by atoms with E-state index in [0.29, 0.717) is 40.1 Å². The van der Waals surface area contributed by atoms with Gasteiger partial charge in [-0.05, 0) is 53.1 Å². The predicted molar refractivity (Wildman–Crippen MR) is 120 cm³/mol. The van der Waals surface area contributed by atoms with Gasteiger partial charge in [-0.1, -0.05) is 12.6 Å². The molecule has 8 nitrogen and oxygen atoms in total. The minimum Gasteiger partial charge on any atom is -0.493 e. The Morgan fingerprint density at radius 1 is 0.750 bits per heavy atom. The van der Waals surface area contributed by atoms with Crippen molar-refractivity contribution >= 4 is 11.3 Å². The zero-order chi connectivity index (χ0) is 23.3. The number of ether oxygens (including phenoxy) is 5. The molecular formula is C24H23NO7. The van der Waals surface area contributed by atoms with Crippen LogP contribution in [0.15, 0.2) is 61.2 Å². The maximum Gasteiger partial charge on any atom is 0.269 e. The third-order valence-electron chi connectivity index (χ3n) is 4.80. The van der Waals surface area contributed by atoms with Gasteiger partial charge in [0.1, 0.15) is 5.75 Å². The number of nitro benzene ring substituents is 1. The Morgan fingerprint density at radius 2 is 1.31 bits per heavy atom. The molecule has 0 saturated carbocycles. The predicted octanol–water partition coefficient (Wildman–Crippen LogP) is 5.48. The highest BCUT2D eigenvalue weighted by Crippen LogP contribution is 2.42. The van der Waals surface area contributed by atoms with E-state index < -0.39 is 4.92 Å². The van der Waals surface area contributed by atoms with Gasteiger partial charge in [-0.2, -0.15) is 0 Å². The molecule has 0 aliphatic heterocycles. The van der Waals surface area contributed by atoms with Crippen LogP contribution in [0.4, 0.5) is 5.69 Å². The first-order valence-corrected chi connectivity index (χ1v) is 9.51. The van der Waals surface area contributed by atoms with Crippen molar-refractivity contribution in [3.8, 4) is 34.5 Å². The van der Waals surface area contributed by atoms with Crippen LogP contribution in [-0.4, -0.2) is 33.4 Å². The Morgan fingerprint density at radius 3 is 1.81 bits per heavy atom. The molecule has 0 radical (unpaired) electrons. The highest BCUT2D eigenvalue weighted by Gasteiger charge is 2.17. The molecule has 3 aromatic rings. The highest BCUT2D eigenvalue weighted by molar-refractivity contribution is 5.81. The van der Waals surface area contributed by atoms with Crippen LogP contribution in [0.1, 0.15) is 11.1 Å². The first kappa shape index (κ1) is 22.5. The van der Waals surface area contributed by atoms with E-state index in [9.17, 15) is 10.1 Å². The van der Waals surface area contributed by atoms with Crippen LogP contribution in [0.2, 0.25) is 0 Å². The summed E-state index contributed by atoms with van der Waals surface area (Å²) in [5.74, 6) is 2.89. The molecule has 0 aliphatic rings. The van der Waals surface area contributed by atoms with Crippen molar-refractivity contribution in [2.75, 3.05) is 28.4 Å². The molecule has 3 aromatic carbocycles. The lowest BCUT2D eigenvalue weighted by Gasteiger charge is -2.16. The maximum atomic E-state index is 10.9. The number of benzene rings is 3. The Balaban J connectivity index is 1.97. The second-order valence-electron chi connectivity index (χ2n) is 6.61. The van der Waals surface area contributed by atoms with E-state index in [1.165, 1.54) is 31.4 Å². The third kappa shape index (κ3) is 4.59. The molecule has 0 fully saturated rings. The summed E-state index contributed by atoms with van der Waals surface area (Å²) in [5, 5.41) is 10.9. The summed E-state index contributed by atoms with van der Waals surface area (Å²) in [5.41, 5.74) is 2.22. The molecule has 166 valence electrons. The molecule has 8 heteroatoms. The summed E-state index contributed by atoms with van der Waals surface area (Å²) in [6, 6.07) is 14.8. The van der Waals surface area contributed by atoms with Crippen LogP contribution in [0.25, 0.3) is 5.57 Å². The lowest BCUT2D eigenvalue weighted by atomic mass is 9.98. The summed E-state index contributed by atoms with van der Waals surface area (Å²) in [4.78, 5) is 10.4. The fourth-order valence-corrected chi connectivity index (χ4v) is 3.13. The number of hydrogen-bond acceptors (Lipinski definition) is 7. The normalized spacial score (nSPS) is 10.2. The second kappa shape index (κ2) is 9.74. The van der Waals surface area contributed by atoms with Gasteiger partial charge in [-0.3, -0.25) is 10.1 Å². The Labute approximate surface area is 185 Å². The van der Waals surface area contributed by atoms with Gasteiger partial charge in [-0.15, -0.1) is 0 Å². The Hall–Kier alpha value is -4.20. The summed E-state index contributed by atoms with van der Waals surface area (Å²) < 4.78 is 27.6. The molecule has 0 spiro atoms. The molecule has 0 bridgehead atoms. The smallest absolute Gasteiger partial charge is 0.269 e. The van der Waals surface area contributed by atoms with Gasteiger partial charge in [-0.25, -0.2) is 0 Å². The molecule has 32 heavy (non-hydrogen) atoms. The van der Waals surface area contributed by atoms with Crippen LogP contribution in [0, 0.1) is 10.1 Å². The standard InChI is InChI=1S/C24H23NO7/c1-15(17-13-22(29-3)24(31-5)23(14-17)30-4)16-6-11-20(28-2)21(12-16)32-19-9-7-18(8-10-19)25(26)27/h6-14H,1H2,2-5H3. The van der Waals surface area contributed by atoms with Crippen molar-refractivity contribution in [2.24, 2.45) is 0 Å². The zero-order valence-electron chi connectivity index (χ0n) is 18.2. The fraction of sp³-hybridized carbons (Fsp3) is 0.167. The molecule has 0 saturated heterocycles. The van der Waals surface area contributed by atoms with Gasteiger partial charge in [0, 0.05) is 12.1 Å². The van der Waals surface area contributed by atoms with Crippen molar-refractivity contribution in [3.63, 3.8) is 0 Å². The van der Waals surface area contributed by atoms with E-state index in [0.717, 1.165) is 11.1 Å². The molecule has 0 aliphatic carbocycles. The van der Waals surface area contributed by atoms with E-state index in [-0.39, 0.29) is 5.69 Å². The SMILES string of the molecule is C=C(c1ccc(OC)c(Oc2ccc([N+](=O)[O-])cc2)c1)c1cc(OC)c(OC)c(OC)c1. The second-order valence-corrected chi connectivity index (χ2v) is 6.61. The number of non-ortho nitro benzene ring substituents is 1. The lowest BCUT2D eigenvalue weighted by Crippen LogP contribution is -1.98. The van der Waals surface area contributed by atoms with Crippen molar-refractivity contribution in [2.45, 2.75) is 0 Å². The van der Waals surface area contributed by atoms with Gasteiger partial charge in [0.25, 0.3) is 5.69 Å². The van der Waals surface area contributed by atoms with Crippen molar-refractivity contribution in [1.82, 2.24) is 0 Å². The molecule has 0 amide bonds. The van der Waals surface area contributed by atoms with E-state index in [2.05, 4.69) is 6.58 Å². The van der Waals surface area contributed by atoms with Gasteiger partial charge in [0.15, 0.2) is 23.0 Å². The Bertz CT molecular complexity index is 1110. The molecular weight excluding hydrogens is 414 g/mol. The first-order valence-electron chi connectivity index (χ1n) is 9.51. The Kier molecular flexibility index (Phi) is 6.84. The third-order valence-corrected chi connectivity index (χ3v) is 4.80. The largest absolute Gasteiger partial charge is 0.493 e. The summed E-state index contributed by atoms with van der Waals surface area (Å²) in [6.07, 6.45) is 0. The number of rotatable bonds is 9.